The first kappa shape index (κ1) is 31.7. The lowest BCUT2D eigenvalue weighted by atomic mass is 9.60. The van der Waals surface area contributed by atoms with E-state index in [1.165, 1.54) is 26.2 Å². The van der Waals surface area contributed by atoms with Crippen LogP contribution in [0, 0.1) is 29.1 Å². The van der Waals surface area contributed by atoms with Crippen LogP contribution in [0.3, 0.4) is 0 Å². The van der Waals surface area contributed by atoms with Crippen LogP contribution < -0.4 is 0 Å². The van der Waals surface area contributed by atoms with Crippen LogP contribution in [0.2, 0.25) is 0 Å². The lowest BCUT2D eigenvalue weighted by Gasteiger charge is -2.50. The van der Waals surface area contributed by atoms with Gasteiger partial charge in [-0.3, -0.25) is 14.4 Å². The number of allylic oxidation sites excluding steroid dienone is 2. The molecule has 7 atom stereocenters. The number of aliphatic hydroxyl groups is 2. The Kier molecular flexibility index (Phi) is 9.11. The summed E-state index contributed by atoms with van der Waals surface area (Å²) in [6.45, 7) is 11.2. The number of carbonyl (C=O) groups excluding carboxylic acids is 3. The van der Waals surface area contributed by atoms with Gasteiger partial charge in [-0.1, -0.05) is 64.8 Å². The highest BCUT2D eigenvalue weighted by Crippen LogP contribution is 2.76. The summed E-state index contributed by atoms with van der Waals surface area (Å²) in [5.74, 6) is -2.95. The summed E-state index contributed by atoms with van der Waals surface area (Å²) >= 11 is 0. The molecule has 7 heteroatoms. The molecule has 0 saturated heterocycles. The quantitative estimate of drug-likeness (QED) is 0.174. The number of carbonyl (C=O) groups is 3. The van der Waals surface area contributed by atoms with Gasteiger partial charge in [0.05, 0.1) is 5.60 Å². The lowest BCUT2D eigenvalue weighted by Crippen LogP contribution is -2.61. The van der Waals surface area contributed by atoms with E-state index in [4.69, 9.17) is 9.47 Å². The molecule has 4 aliphatic carbocycles. The van der Waals surface area contributed by atoms with Crippen molar-refractivity contribution in [2.45, 2.75) is 123 Å². The molecule has 2 N–H and O–H groups in total. The normalized spacial score (nSPS) is 36.9. The van der Waals surface area contributed by atoms with Crippen molar-refractivity contribution >= 4 is 17.7 Å². The zero-order valence-electron chi connectivity index (χ0n) is 25.8. The Balaban J connectivity index is 1.52. The highest BCUT2D eigenvalue weighted by Gasteiger charge is 2.83. The molecule has 0 amide bonds. The van der Waals surface area contributed by atoms with Crippen LogP contribution >= 0.6 is 0 Å². The summed E-state index contributed by atoms with van der Waals surface area (Å²) in [5.41, 5.74) is -3.37. The van der Waals surface area contributed by atoms with Crippen LogP contribution in [-0.4, -0.2) is 51.3 Å². The Morgan fingerprint density at radius 3 is 2.37 bits per heavy atom. The Bertz CT molecular complexity index is 1130. The zero-order chi connectivity index (χ0) is 30.2. The van der Waals surface area contributed by atoms with Crippen LogP contribution in [0.1, 0.15) is 106 Å². The monoisotopic (exact) mass is 570 g/mol. The van der Waals surface area contributed by atoms with E-state index >= 15 is 0 Å². The van der Waals surface area contributed by atoms with Gasteiger partial charge < -0.3 is 19.7 Å². The average Bonchev–Trinajstić information content (AvgIpc) is 3.30. The van der Waals surface area contributed by atoms with Gasteiger partial charge in [-0.25, -0.2) is 0 Å². The van der Waals surface area contributed by atoms with E-state index in [0.29, 0.717) is 24.0 Å². The Hall–Kier alpha value is -2.25. The van der Waals surface area contributed by atoms with E-state index in [0.717, 1.165) is 25.7 Å². The van der Waals surface area contributed by atoms with Gasteiger partial charge in [0.1, 0.15) is 17.8 Å². The van der Waals surface area contributed by atoms with Gasteiger partial charge in [0.15, 0.2) is 5.78 Å². The topological polar surface area (TPSA) is 110 Å². The van der Waals surface area contributed by atoms with Crippen molar-refractivity contribution < 1.29 is 34.1 Å². The summed E-state index contributed by atoms with van der Waals surface area (Å²) in [7, 11) is 0. The van der Waals surface area contributed by atoms with Gasteiger partial charge in [0.25, 0.3) is 0 Å². The van der Waals surface area contributed by atoms with Crippen molar-refractivity contribution in [3.05, 3.63) is 35.5 Å². The Morgan fingerprint density at radius 2 is 1.73 bits per heavy atom. The molecule has 0 aromatic carbocycles. The maximum atomic E-state index is 13.2. The van der Waals surface area contributed by atoms with Gasteiger partial charge in [-0.15, -0.1) is 0 Å². The van der Waals surface area contributed by atoms with E-state index < -0.39 is 45.8 Å². The number of hydrogen-bond acceptors (Lipinski definition) is 7. The van der Waals surface area contributed by atoms with Crippen LogP contribution in [0.15, 0.2) is 35.5 Å². The van der Waals surface area contributed by atoms with Gasteiger partial charge in [0.2, 0.25) is 0 Å². The molecule has 4 rings (SSSR count). The average molecular weight is 571 g/mol. The standard InChI is InChI=1S/C34H50O7/c1-7-8-9-10-11-12-13-14-15-16-28(36)41-33-19-23(3)34(39)26(29(33)31(33,5)6)18-25(21-40-24(4)35)20-32(38)27(34)17-22(2)30(32)37/h11-12,17-18,23,26-27,29,38-39H,7-10,13-16,19-21H2,1-6H3. The molecule has 2 fully saturated rings. The molecule has 41 heavy (non-hydrogen) atoms. The van der Waals surface area contributed by atoms with Crippen molar-refractivity contribution in [3.8, 4) is 0 Å². The highest BCUT2D eigenvalue weighted by molar-refractivity contribution is 6.04. The third-order valence-electron chi connectivity index (χ3n) is 10.6. The minimum Gasteiger partial charge on any atom is -0.461 e. The number of fused-ring (bicyclic) bond motifs is 5. The number of hydrogen-bond donors (Lipinski definition) is 2. The summed E-state index contributed by atoms with van der Waals surface area (Å²) < 4.78 is 11.6. The van der Waals surface area contributed by atoms with Gasteiger partial charge in [-0.2, -0.15) is 0 Å². The third-order valence-corrected chi connectivity index (χ3v) is 10.6. The van der Waals surface area contributed by atoms with Crippen molar-refractivity contribution in [3.63, 3.8) is 0 Å². The molecule has 0 aromatic rings. The van der Waals surface area contributed by atoms with Crippen LogP contribution in [0.5, 0.6) is 0 Å². The summed E-state index contributed by atoms with van der Waals surface area (Å²) in [6, 6.07) is 0. The molecule has 2 saturated carbocycles. The fourth-order valence-electron chi connectivity index (χ4n) is 8.32. The molecular weight excluding hydrogens is 520 g/mol. The predicted molar refractivity (Wildman–Crippen MR) is 157 cm³/mol. The Labute approximate surface area is 245 Å². The number of ketones is 1. The SMILES string of the molecule is CCCCCC=CCCCCC(=O)OC12CC(C)C3(O)C(C=C(COC(C)=O)CC4(O)C(=O)C(C)=CC43)C1C2(C)C. The summed E-state index contributed by atoms with van der Waals surface area (Å²) in [4.78, 5) is 38.0. The van der Waals surface area contributed by atoms with Gasteiger partial charge in [-0.05, 0) is 62.5 Å². The minimum absolute atomic E-state index is 0.0177. The molecule has 7 nitrogen and oxygen atoms in total. The molecular formula is C34H50O7. The van der Waals surface area contributed by atoms with Gasteiger partial charge >= 0.3 is 11.9 Å². The van der Waals surface area contributed by atoms with Crippen LogP contribution in [-0.2, 0) is 23.9 Å². The van der Waals surface area contributed by atoms with Crippen molar-refractivity contribution in [1.29, 1.82) is 0 Å². The van der Waals surface area contributed by atoms with Crippen molar-refractivity contribution in [2.75, 3.05) is 6.61 Å². The number of esters is 2. The maximum Gasteiger partial charge on any atom is 0.306 e. The first-order chi connectivity index (χ1) is 19.3. The smallest absolute Gasteiger partial charge is 0.306 e. The number of Topliss-reactive ketones (excluding diaryl/α,β-unsaturated/α-hetero) is 1. The fourth-order valence-corrected chi connectivity index (χ4v) is 8.32. The maximum absolute atomic E-state index is 13.2. The van der Waals surface area contributed by atoms with E-state index in [2.05, 4.69) is 32.9 Å². The molecule has 7 unspecified atom stereocenters. The van der Waals surface area contributed by atoms with Crippen molar-refractivity contribution in [2.24, 2.45) is 29.1 Å². The second kappa shape index (κ2) is 11.8. The van der Waals surface area contributed by atoms with Crippen molar-refractivity contribution in [1.82, 2.24) is 0 Å². The van der Waals surface area contributed by atoms with Crippen LogP contribution in [0.25, 0.3) is 0 Å². The van der Waals surface area contributed by atoms with E-state index in [-0.39, 0.29) is 30.8 Å². The molecule has 4 aliphatic rings. The van der Waals surface area contributed by atoms with E-state index in [9.17, 15) is 24.6 Å². The van der Waals surface area contributed by atoms with Gasteiger partial charge in [0, 0.05) is 42.9 Å². The fraction of sp³-hybridized carbons (Fsp3) is 0.735. The largest absolute Gasteiger partial charge is 0.461 e. The van der Waals surface area contributed by atoms with Crippen LogP contribution in [0.4, 0.5) is 0 Å². The Morgan fingerprint density at radius 1 is 1.07 bits per heavy atom. The summed E-state index contributed by atoms with van der Waals surface area (Å²) in [6.07, 6.45) is 16.3. The third kappa shape index (κ3) is 5.49. The minimum atomic E-state index is -1.81. The molecule has 0 aromatic heterocycles. The second-order valence-electron chi connectivity index (χ2n) is 13.7. The highest BCUT2D eigenvalue weighted by atomic mass is 16.6. The molecule has 228 valence electrons. The molecule has 0 bridgehead atoms. The number of unbranched alkanes of at least 4 members (excludes halogenated alkanes) is 5. The number of ether oxygens (including phenoxy) is 2. The summed E-state index contributed by atoms with van der Waals surface area (Å²) in [5, 5.41) is 24.3. The predicted octanol–water partition coefficient (Wildman–Crippen LogP) is 5.78. The molecule has 0 aliphatic heterocycles. The van der Waals surface area contributed by atoms with E-state index in [1.54, 1.807) is 13.0 Å². The second-order valence-corrected chi connectivity index (χ2v) is 13.7. The lowest BCUT2D eigenvalue weighted by molar-refractivity contribution is -0.187. The van der Waals surface area contributed by atoms with E-state index in [1.807, 2.05) is 13.0 Å². The molecule has 0 spiro atoms. The molecule has 0 radical (unpaired) electrons. The zero-order valence-corrected chi connectivity index (χ0v) is 25.8. The first-order valence-corrected chi connectivity index (χ1v) is 15.6. The number of rotatable bonds is 12. The first-order valence-electron chi connectivity index (χ1n) is 15.6. The molecule has 0 heterocycles.